The van der Waals surface area contributed by atoms with E-state index in [1.54, 1.807) is 27.0 Å². The van der Waals surface area contributed by atoms with Crippen molar-refractivity contribution in [3.63, 3.8) is 0 Å². The highest BCUT2D eigenvalue weighted by Gasteiger charge is 2.33. The molecule has 0 bridgehead atoms. The number of hydrogen-bond acceptors (Lipinski definition) is 6. The topological polar surface area (TPSA) is 133 Å². The van der Waals surface area contributed by atoms with Gasteiger partial charge in [-0.15, -0.1) is 0 Å². The number of aromatic nitrogens is 2. The Labute approximate surface area is 196 Å². The molecule has 33 heavy (non-hydrogen) atoms. The van der Waals surface area contributed by atoms with Gasteiger partial charge >= 0.3 is 6.09 Å². The number of hydrogen-bond donors (Lipinski definition) is 4. The van der Waals surface area contributed by atoms with Crippen LogP contribution in [-0.4, -0.2) is 56.6 Å². The summed E-state index contributed by atoms with van der Waals surface area (Å²) in [6, 6.07) is -1.66. The number of imidazole rings is 1. The number of nitrogens with zero attached hydrogens (tertiary/aromatic N) is 1. The molecule has 0 unspecified atom stereocenters. The molecule has 0 spiro atoms. The SMILES string of the molecule is CCCC(=O)[C@@H](O)[C@@H](CC1CCCCC1)NC(=O)[C@H](Cc1cnc[nH]1)NC(=O)OC(C)(C)C. The number of carbonyl (C=O) groups excluding carboxylic acids is 3. The minimum Gasteiger partial charge on any atom is -0.444 e. The van der Waals surface area contributed by atoms with Gasteiger partial charge in [0.1, 0.15) is 17.7 Å². The monoisotopic (exact) mass is 464 g/mol. The average Bonchev–Trinajstić information content (AvgIpc) is 3.25. The summed E-state index contributed by atoms with van der Waals surface area (Å²) in [6.45, 7) is 7.11. The zero-order chi connectivity index (χ0) is 24.4. The maximum Gasteiger partial charge on any atom is 0.408 e. The van der Waals surface area contributed by atoms with Crippen LogP contribution < -0.4 is 10.6 Å². The van der Waals surface area contributed by atoms with Gasteiger partial charge in [0.15, 0.2) is 5.78 Å². The number of carbonyl (C=O) groups is 3. The Bertz CT molecular complexity index is 753. The average molecular weight is 465 g/mol. The van der Waals surface area contributed by atoms with Gasteiger partial charge in [0.2, 0.25) is 5.91 Å². The first-order valence-corrected chi connectivity index (χ1v) is 12.1. The van der Waals surface area contributed by atoms with E-state index in [9.17, 15) is 19.5 Å². The normalized spacial score (nSPS) is 17.6. The summed E-state index contributed by atoms with van der Waals surface area (Å²) in [5.41, 5.74) is -0.0524. The molecule has 1 aliphatic carbocycles. The first kappa shape index (κ1) is 26.8. The summed E-state index contributed by atoms with van der Waals surface area (Å²) < 4.78 is 5.32. The molecule has 1 aliphatic rings. The maximum atomic E-state index is 13.3. The summed E-state index contributed by atoms with van der Waals surface area (Å²) in [7, 11) is 0. The van der Waals surface area contributed by atoms with Crippen LogP contribution in [0.25, 0.3) is 0 Å². The number of Topliss-reactive ketones (excluding diaryl/α,β-unsaturated/α-hetero) is 1. The standard InChI is InChI=1S/C24H40N4O5/c1-5-9-20(29)21(30)18(12-16-10-7-6-8-11-16)27-22(31)19(13-17-14-25-15-26-17)28-23(32)33-24(2,3)4/h14-16,18-19,21,30H,5-13H2,1-4H3,(H,25,26)(H,27,31)(H,28,32)/t18-,19+,21+/m1/s1. The van der Waals surface area contributed by atoms with E-state index >= 15 is 0 Å². The lowest BCUT2D eigenvalue weighted by atomic mass is 9.83. The maximum absolute atomic E-state index is 13.3. The highest BCUT2D eigenvalue weighted by atomic mass is 16.6. The highest BCUT2D eigenvalue weighted by molar-refractivity contribution is 5.88. The predicted molar refractivity (Wildman–Crippen MR) is 124 cm³/mol. The lowest BCUT2D eigenvalue weighted by Gasteiger charge is -2.31. The Morgan fingerprint density at radius 1 is 1.21 bits per heavy atom. The molecule has 0 radical (unpaired) electrons. The third kappa shape index (κ3) is 9.53. The second kappa shape index (κ2) is 12.7. The van der Waals surface area contributed by atoms with Crippen molar-refractivity contribution in [2.75, 3.05) is 0 Å². The van der Waals surface area contributed by atoms with Crippen LogP contribution in [0.5, 0.6) is 0 Å². The molecule has 0 aromatic carbocycles. The van der Waals surface area contributed by atoms with Crippen LogP contribution in [0.3, 0.4) is 0 Å². The van der Waals surface area contributed by atoms with E-state index in [2.05, 4.69) is 20.6 Å². The van der Waals surface area contributed by atoms with Crippen molar-refractivity contribution in [2.45, 2.75) is 109 Å². The number of aromatic amines is 1. The Morgan fingerprint density at radius 2 is 1.91 bits per heavy atom. The molecular weight excluding hydrogens is 424 g/mol. The van der Waals surface area contributed by atoms with Crippen molar-refractivity contribution in [1.82, 2.24) is 20.6 Å². The summed E-state index contributed by atoms with van der Waals surface area (Å²) in [6.07, 6.45) is 8.15. The van der Waals surface area contributed by atoms with Gasteiger partial charge < -0.3 is 25.5 Å². The van der Waals surface area contributed by atoms with Gasteiger partial charge in [0.05, 0.1) is 12.4 Å². The van der Waals surface area contributed by atoms with E-state index in [1.807, 2.05) is 6.92 Å². The number of aliphatic hydroxyl groups excluding tert-OH is 1. The quantitative estimate of drug-likeness (QED) is 0.398. The molecule has 1 fully saturated rings. The molecule has 1 aromatic heterocycles. The molecule has 9 nitrogen and oxygen atoms in total. The molecule has 0 saturated heterocycles. The molecule has 2 amide bonds. The fourth-order valence-corrected chi connectivity index (χ4v) is 4.23. The lowest BCUT2D eigenvalue weighted by molar-refractivity contribution is -0.131. The number of nitrogens with one attached hydrogen (secondary N) is 3. The fourth-order valence-electron chi connectivity index (χ4n) is 4.23. The predicted octanol–water partition coefficient (Wildman–Crippen LogP) is 3.03. The van der Waals surface area contributed by atoms with Crippen LogP contribution in [0.2, 0.25) is 0 Å². The highest BCUT2D eigenvalue weighted by Crippen LogP contribution is 2.28. The molecule has 1 saturated carbocycles. The second-order valence-electron chi connectivity index (χ2n) is 10.00. The van der Waals surface area contributed by atoms with Crippen LogP contribution in [-0.2, 0) is 20.7 Å². The van der Waals surface area contributed by atoms with Crippen molar-refractivity contribution in [2.24, 2.45) is 5.92 Å². The molecule has 3 atom stereocenters. The van der Waals surface area contributed by atoms with Crippen molar-refractivity contribution in [3.05, 3.63) is 18.2 Å². The third-order valence-corrected chi connectivity index (χ3v) is 5.83. The Balaban J connectivity index is 2.15. The van der Waals surface area contributed by atoms with E-state index in [0.29, 0.717) is 24.5 Å². The lowest BCUT2D eigenvalue weighted by Crippen LogP contribution is -2.55. The Hall–Kier alpha value is -2.42. The van der Waals surface area contributed by atoms with Gasteiger partial charge in [0, 0.05) is 24.7 Å². The number of amides is 2. The molecule has 186 valence electrons. The van der Waals surface area contributed by atoms with E-state index in [1.165, 1.54) is 12.7 Å². The number of aliphatic hydroxyl groups is 1. The number of ketones is 1. The fraction of sp³-hybridized carbons (Fsp3) is 0.750. The van der Waals surface area contributed by atoms with Crippen LogP contribution in [0, 0.1) is 5.92 Å². The molecular formula is C24H40N4O5. The van der Waals surface area contributed by atoms with Gasteiger partial charge in [-0.25, -0.2) is 9.78 Å². The number of H-pyrrole nitrogens is 1. The third-order valence-electron chi connectivity index (χ3n) is 5.83. The van der Waals surface area contributed by atoms with E-state index in [4.69, 9.17) is 4.74 Å². The molecule has 4 N–H and O–H groups in total. The van der Waals surface area contributed by atoms with E-state index in [0.717, 1.165) is 25.7 Å². The zero-order valence-corrected chi connectivity index (χ0v) is 20.4. The van der Waals surface area contributed by atoms with Crippen molar-refractivity contribution in [3.8, 4) is 0 Å². The number of ether oxygens (including phenoxy) is 1. The molecule has 1 heterocycles. The van der Waals surface area contributed by atoms with Crippen LogP contribution in [0.1, 0.15) is 84.8 Å². The smallest absolute Gasteiger partial charge is 0.408 e. The van der Waals surface area contributed by atoms with Gasteiger partial charge in [-0.05, 0) is 39.5 Å². The van der Waals surface area contributed by atoms with Crippen molar-refractivity contribution < 1.29 is 24.2 Å². The van der Waals surface area contributed by atoms with E-state index < -0.39 is 35.8 Å². The number of rotatable bonds is 11. The Morgan fingerprint density at radius 3 is 2.48 bits per heavy atom. The number of alkyl carbamates (subject to hydrolysis) is 1. The molecule has 0 aliphatic heterocycles. The summed E-state index contributed by atoms with van der Waals surface area (Å²) in [5, 5.41) is 16.3. The molecule has 1 aromatic rings. The van der Waals surface area contributed by atoms with Crippen LogP contribution in [0.15, 0.2) is 12.5 Å². The minimum atomic E-state index is -1.27. The first-order valence-electron chi connectivity index (χ1n) is 12.1. The summed E-state index contributed by atoms with van der Waals surface area (Å²) in [5.74, 6) is -0.401. The van der Waals surface area contributed by atoms with Crippen molar-refractivity contribution >= 4 is 17.8 Å². The van der Waals surface area contributed by atoms with Gasteiger partial charge in [-0.1, -0.05) is 39.0 Å². The van der Waals surface area contributed by atoms with Gasteiger partial charge in [-0.3, -0.25) is 9.59 Å². The molecule has 9 heteroatoms. The minimum absolute atomic E-state index is 0.167. The second-order valence-corrected chi connectivity index (χ2v) is 10.00. The van der Waals surface area contributed by atoms with Crippen LogP contribution in [0.4, 0.5) is 4.79 Å². The largest absolute Gasteiger partial charge is 0.444 e. The molecule has 2 rings (SSSR count). The first-order chi connectivity index (χ1) is 15.6. The van der Waals surface area contributed by atoms with Gasteiger partial charge in [0.25, 0.3) is 0 Å². The summed E-state index contributed by atoms with van der Waals surface area (Å²) in [4.78, 5) is 45.0. The summed E-state index contributed by atoms with van der Waals surface area (Å²) >= 11 is 0. The zero-order valence-electron chi connectivity index (χ0n) is 20.4. The van der Waals surface area contributed by atoms with Crippen LogP contribution >= 0.6 is 0 Å². The van der Waals surface area contributed by atoms with Crippen molar-refractivity contribution in [1.29, 1.82) is 0 Å². The van der Waals surface area contributed by atoms with Gasteiger partial charge in [-0.2, -0.15) is 0 Å². The van der Waals surface area contributed by atoms with E-state index in [-0.39, 0.29) is 18.6 Å². The Kier molecular flexibility index (Phi) is 10.3.